The number of carbonyl (C=O) groups is 1. The Bertz CT molecular complexity index is 1170. The lowest BCUT2D eigenvalue weighted by atomic mass is 10.0. The standard InChI is InChI=1S/C24H30N8OS/c1-14-8-9-16-20(14)27-23(32-11-4-7-18(32)22(33)29-24-25-10-12-34-24)28-21(16)26-19-13-17(30-31-19)15-5-2-3-6-15/h10,12-15,18H,2-9,11H2,1H3,(H,25,29,33)(H2,26,27,28,30,31). The number of nitrogens with one attached hydrogen (secondary N) is 3. The summed E-state index contributed by atoms with van der Waals surface area (Å²) in [5, 5.41) is 16.7. The zero-order valence-corrected chi connectivity index (χ0v) is 20.2. The van der Waals surface area contributed by atoms with Crippen molar-refractivity contribution in [1.29, 1.82) is 0 Å². The second kappa shape index (κ2) is 8.98. The number of fused-ring (bicyclic) bond motifs is 1. The van der Waals surface area contributed by atoms with Gasteiger partial charge in [0.25, 0.3) is 0 Å². The van der Waals surface area contributed by atoms with Crippen LogP contribution in [0.15, 0.2) is 17.6 Å². The number of hydrogen-bond acceptors (Lipinski definition) is 8. The van der Waals surface area contributed by atoms with Gasteiger partial charge in [0, 0.05) is 41.4 Å². The molecule has 4 heterocycles. The normalized spacial score (nSPS) is 22.3. The van der Waals surface area contributed by atoms with Gasteiger partial charge in [-0.25, -0.2) is 9.97 Å². The Kier molecular flexibility index (Phi) is 5.68. The van der Waals surface area contributed by atoms with Gasteiger partial charge in [0.05, 0.1) is 5.69 Å². The van der Waals surface area contributed by atoms with Crippen LogP contribution < -0.4 is 15.5 Å². The van der Waals surface area contributed by atoms with E-state index in [0.29, 0.717) is 22.9 Å². The SMILES string of the molecule is CC1CCc2c(Nc3cc(C4CCCC4)[nH]n3)nc(N3CCCC3C(=O)Nc3nccs3)nc21. The monoisotopic (exact) mass is 478 g/mol. The topological polar surface area (TPSA) is 112 Å². The lowest BCUT2D eigenvalue weighted by Gasteiger charge is -2.25. The van der Waals surface area contributed by atoms with Gasteiger partial charge in [-0.2, -0.15) is 10.1 Å². The molecule has 2 aliphatic carbocycles. The molecule has 1 amide bonds. The van der Waals surface area contributed by atoms with E-state index in [1.807, 2.05) is 10.3 Å². The Morgan fingerprint density at radius 1 is 1.18 bits per heavy atom. The van der Waals surface area contributed by atoms with Crippen LogP contribution in [-0.4, -0.2) is 43.6 Å². The lowest BCUT2D eigenvalue weighted by Crippen LogP contribution is -2.40. The number of aromatic amines is 1. The van der Waals surface area contributed by atoms with E-state index in [9.17, 15) is 4.79 Å². The molecule has 10 heteroatoms. The number of H-pyrrole nitrogens is 1. The van der Waals surface area contributed by atoms with Crippen molar-refractivity contribution >= 4 is 40.0 Å². The molecule has 2 atom stereocenters. The molecule has 178 valence electrons. The molecule has 1 aliphatic heterocycles. The maximum absolute atomic E-state index is 13.0. The first kappa shape index (κ1) is 21.5. The van der Waals surface area contributed by atoms with E-state index in [-0.39, 0.29) is 11.9 Å². The van der Waals surface area contributed by atoms with Gasteiger partial charge in [0.15, 0.2) is 10.9 Å². The van der Waals surface area contributed by atoms with Crippen molar-refractivity contribution < 1.29 is 4.79 Å². The molecule has 3 N–H and O–H groups in total. The van der Waals surface area contributed by atoms with E-state index in [1.54, 1.807) is 6.20 Å². The summed E-state index contributed by atoms with van der Waals surface area (Å²) in [5.41, 5.74) is 3.47. The van der Waals surface area contributed by atoms with Crippen molar-refractivity contribution in [3.05, 3.63) is 34.6 Å². The Balaban J connectivity index is 1.28. The molecule has 0 radical (unpaired) electrons. The fourth-order valence-corrected chi connectivity index (χ4v) is 6.12. The number of nitrogens with zero attached hydrogens (tertiary/aromatic N) is 5. The van der Waals surface area contributed by atoms with E-state index in [1.165, 1.54) is 48.3 Å². The molecule has 0 aromatic carbocycles. The third-order valence-electron chi connectivity index (χ3n) is 7.44. The molecular weight excluding hydrogens is 448 g/mol. The Labute approximate surface area is 202 Å². The van der Waals surface area contributed by atoms with Crippen molar-refractivity contribution in [2.45, 2.75) is 76.2 Å². The van der Waals surface area contributed by atoms with Gasteiger partial charge in [0.1, 0.15) is 11.9 Å². The fourth-order valence-electron chi connectivity index (χ4n) is 5.59. The van der Waals surface area contributed by atoms with Crippen LogP contribution in [0.5, 0.6) is 0 Å². The van der Waals surface area contributed by atoms with E-state index >= 15 is 0 Å². The molecule has 3 aromatic heterocycles. The predicted octanol–water partition coefficient (Wildman–Crippen LogP) is 4.71. The van der Waals surface area contributed by atoms with E-state index in [4.69, 9.17) is 9.97 Å². The van der Waals surface area contributed by atoms with E-state index in [0.717, 1.165) is 49.6 Å². The fraction of sp³-hybridized carbons (Fsp3) is 0.542. The third kappa shape index (κ3) is 4.04. The van der Waals surface area contributed by atoms with Crippen LogP contribution in [0.25, 0.3) is 0 Å². The minimum atomic E-state index is -0.300. The summed E-state index contributed by atoms with van der Waals surface area (Å²) in [4.78, 5) is 29.2. The average Bonchev–Trinajstić information content (AvgIpc) is 3.65. The van der Waals surface area contributed by atoms with Crippen LogP contribution in [0.1, 0.15) is 80.7 Å². The van der Waals surface area contributed by atoms with E-state index in [2.05, 4.69) is 38.8 Å². The molecule has 1 saturated carbocycles. The van der Waals surface area contributed by atoms with Gasteiger partial charge >= 0.3 is 0 Å². The highest BCUT2D eigenvalue weighted by molar-refractivity contribution is 7.13. The number of amides is 1. The number of thiazole rings is 1. The van der Waals surface area contributed by atoms with Crippen molar-refractivity contribution in [2.75, 3.05) is 22.1 Å². The maximum atomic E-state index is 13.0. The zero-order chi connectivity index (χ0) is 23.1. The predicted molar refractivity (Wildman–Crippen MR) is 133 cm³/mol. The molecular formula is C24H30N8OS. The summed E-state index contributed by atoms with van der Waals surface area (Å²) in [5.74, 6) is 3.14. The largest absolute Gasteiger partial charge is 0.329 e. The molecule has 0 spiro atoms. The van der Waals surface area contributed by atoms with Crippen molar-refractivity contribution in [3.63, 3.8) is 0 Å². The average molecular weight is 479 g/mol. The second-order valence-electron chi connectivity index (χ2n) is 9.67. The molecule has 6 rings (SSSR count). The third-order valence-corrected chi connectivity index (χ3v) is 8.12. The first-order valence-corrected chi connectivity index (χ1v) is 13.2. The van der Waals surface area contributed by atoms with Gasteiger partial charge in [0.2, 0.25) is 11.9 Å². The summed E-state index contributed by atoms with van der Waals surface area (Å²) in [6.45, 7) is 2.98. The summed E-state index contributed by atoms with van der Waals surface area (Å²) < 4.78 is 0. The van der Waals surface area contributed by atoms with Gasteiger partial charge in [-0.1, -0.05) is 19.8 Å². The molecule has 34 heavy (non-hydrogen) atoms. The highest BCUT2D eigenvalue weighted by Crippen LogP contribution is 2.39. The molecule has 9 nitrogen and oxygen atoms in total. The van der Waals surface area contributed by atoms with Crippen LogP contribution in [0, 0.1) is 0 Å². The molecule has 3 aromatic rings. The van der Waals surface area contributed by atoms with Crippen molar-refractivity contribution in [3.8, 4) is 0 Å². The summed E-state index contributed by atoms with van der Waals surface area (Å²) in [7, 11) is 0. The van der Waals surface area contributed by atoms with Crippen LogP contribution in [0.4, 0.5) is 22.7 Å². The first-order chi connectivity index (χ1) is 16.7. The molecule has 2 fully saturated rings. The number of rotatable bonds is 6. The molecule has 1 saturated heterocycles. The number of carbonyl (C=O) groups excluding carboxylic acids is 1. The summed E-state index contributed by atoms with van der Waals surface area (Å²) in [6, 6.07) is 1.83. The number of aromatic nitrogens is 5. The summed E-state index contributed by atoms with van der Waals surface area (Å²) in [6.07, 6.45) is 10.5. The minimum absolute atomic E-state index is 0.0485. The van der Waals surface area contributed by atoms with E-state index < -0.39 is 0 Å². The summed E-state index contributed by atoms with van der Waals surface area (Å²) >= 11 is 1.43. The van der Waals surface area contributed by atoms with Crippen molar-refractivity contribution in [1.82, 2.24) is 25.1 Å². The smallest absolute Gasteiger partial charge is 0.248 e. The van der Waals surface area contributed by atoms with Gasteiger partial charge in [-0.3, -0.25) is 9.89 Å². The Hall–Kier alpha value is -3.01. The molecule has 3 aliphatic rings. The number of anilines is 4. The van der Waals surface area contributed by atoms with Crippen molar-refractivity contribution in [2.24, 2.45) is 0 Å². The van der Waals surface area contributed by atoms with Crippen LogP contribution in [0.3, 0.4) is 0 Å². The Morgan fingerprint density at radius 2 is 2.06 bits per heavy atom. The van der Waals surface area contributed by atoms with Crippen LogP contribution >= 0.6 is 11.3 Å². The highest BCUT2D eigenvalue weighted by atomic mass is 32.1. The van der Waals surface area contributed by atoms with Crippen LogP contribution in [0.2, 0.25) is 0 Å². The quantitative estimate of drug-likeness (QED) is 0.470. The number of hydrogen-bond donors (Lipinski definition) is 3. The minimum Gasteiger partial charge on any atom is -0.329 e. The van der Waals surface area contributed by atoms with Crippen LogP contribution in [-0.2, 0) is 11.2 Å². The Morgan fingerprint density at radius 3 is 2.88 bits per heavy atom. The second-order valence-corrected chi connectivity index (χ2v) is 10.6. The zero-order valence-electron chi connectivity index (χ0n) is 19.4. The molecule has 0 bridgehead atoms. The lowest BCUT2D eigenvalue weighted by molar-refractivity contribution is -0.117. The highest BCUT2D eigenvalue weighted by Gasteiger charge is 2.35. The van der Waals surface area contributed by atoms with Gasteiger partial charge in [-0.15, -0.1) is 11.3 Å². The van der Waals surface area contributed by atoms with Gasteiger partial charge in [-0.05, 0) is 44.4 Å². The first-order valence-electron chi connectivity index (χ1n) is 12.4. The maximum Gasteiger partial charge on any atom is 0.248 e. The molecule has 2 unspecified atom stereocenters. The van der Waals surface area contributed by atoms with Gasteiger partial charge < -0.3 is 15.5 Å².